The predicted octanol–water partition coefficient (Wildman–Crippen LogP) is 2.80. The van der Waals surface area contributed by atoms with Crippen molar-refractivity contribution in [2.45, 2.75) is 45.3 Å². The zero-order valence-corrected chi connectivity index (χ0v) is 12.3. The number of Topliss-reactive ketones (excluding diaryl/α,β-unsaturated/α-hetero) is 1. The van der Waals surface area contributed by atoms with E-state index in [4.69, 9.17) is 4.74 Å². The molecule has 104 valence electrons. The Morgan fingerprint density at radius 1 is 1.47 bits per heavy atom. The van der Waals surface area contributed by atoms with E-state index in [-0.39, 0.29) is 17.8 Å². The van der Waals surface area contributed by atoms with Gasteiger partial charge in [0.05, 0.1) is 0 Å². The minimum atomic E-state index is 0.0819. The number of carbonyl (C=O) groups is 1. The lowest BCUT2D eigenvalue weighted by molar-refractivity contribution is -0.121. The summed E-state index contributed by atoms with van der Waals surface area (Å²) < 4.78 is 8.82. The topological polar surface area (TPSA) is 38.3 Å². The third-order valence-electron chi connectivity index (χ3n) is 3.50. The molecule has 1 aromatic carbocycles. The van der Waals surface area contributed by atoms with Gasteiger partial charge in [-0.3, -0.25) is 9.52 Å². The minimum absolute atomic E-state index is 0.0819. The molecule has 0 spiro atoms. The lowest BCUT2D eigenvalue weighted by Crippen LogP contribution is -2.43. The van der Waals surface area contributed by atoms with E-state index in [1.54, 1.807) is 0 Å². The van der Waals surface area contributed by atoms with Gasteiger partial charge in [-0.1, -0.05) is 38.8 Å². The summed E-state index contributed by atoms with van der Waals surface area (Å²) in [6.45, 7) is 3.86. The van der Waals surface area contributed by atoms with Crippen molar-refractivity contribution >= 4 is 18.6 Å². The average molecular weight is 279 g/mol. The molecule has 3 nitrogen and oxygen atoms in total. The van der Waals surface area contributed by atoms with Crippen molar-refractivity contribution in [1.29, 1.82) is 0 Å². The molecule has 1 aromatic rings. The molecule has 1 N–H and O–H groups in total. The van der Waals surface area contributed by atoms with Gasteiger partial charge in [0.2, 0.25) is 0 Å². The number of nitrogens with one attached hydrogen (secondary N) is 1. The normalized spacial score (nSPS) is 22.1. The number of hydrogen-bond acceptors (Lipinski definition) is 4. The van der Waals surface area contributed by atoms with Crippen molar-refractivity contribution < 1.29 is 9.53 Å². The van der Waals surface area contributed by atoms with Gasteiger partial charge in [0.25, 0.3) is 0 Å². The second kappa shape index (κ2) is 6.44. The van der Waals surface area contributed by atoms with Gasteiger partial charge in [0.15, 0.2) is 0 Å². The molecule has 1 saturated carbocycles. The quantitative estimate of drug-likeness (QED) is 0.786. The van der Waals surface area contributed by atoms with Crippen molar-refractivity contribution in [3.63, 3.8) is 0 Å². The number of carbonyl (C=O) groups excluding carboxylic acids is 1. The van der Waals surface area contributed by atoms with Crippen LogP contribution in [0.25, 0.3) is 0 Å². The van der Waals surface area contributed by atoms with Gasteiger partial charge in [-0.05, 0) is 17.7 Å². The predicted molar refractivity (Wildman–Crippen MR) is 79.6 cm³/mol. The third-order valence-corrected chi connectivity index (χ3v) is 3.87. The molecule has 4 heteroatoms. The van der Waals surface area contributed by atoms with Crippen molar-refractivity contribution in [2.24, 2.45) is 5.92 Å². The summed E-state index contributed by atoms with van der Waals surface area (Å²) in [5.41, 5.74) is 1.03. The van der Waals surface area contributed by atoms with Crippen LogP contribution in [0.4, 0.5) is 0 Å². The first-order valence-electron chi connectivity index (χ1n) is 6.76. The van der Waals surface area contributed by atoms with Crippen molar-refractivity contribution in [3.8, 4) is 5.75 Å². The fraction of sp³-hybridized carbons (Fsp3) is 0.533. The van der Waals surface area contributed by atoms with Crippen LogP contribution in [0.15, 0.2) is 24.3 Å². The van der Waals surface area contributed by atoms with E-state index in [0.29, 0.717) is 12.5 Å². The molecular formula is C15H21NO2S. The average Bonchev–Trinajstić information content (AvgIpc) is 2.33. The summed E-state index contributed by atoms with van der Waals surface area (Å²) in [6.07, 6.45) is 2.72. The van der Waals surface area contributed by atoms with Crippen molar-refractivity contribution in [1.82, 2.24) is 4.72 Å². The molecule has 0 atom stereocenters. The molecule has 0 aromatic heterocycles. The highest BCUT2D eigenvalue weighted by Gasteiger charge is 2.29. The maximum atomic E-state index is 11.7. The molecule has 2 rings (SSSR count). The maximum absolute atomic E-state index is 11.7. The fourth-order valence-corrected chi connectivity index (χ4v) is 2.30. The van der Waals surface area contributed by atoms with E-state index < -0.39 is 0 Å². The zero-order valence-electron chi connectivity index (χ0n) is 11.4. The molecule has 0 saturated heterocycles. The van der Waals surface area contributed by atoms with Crippen LogP contribution in [0.5, 0.6) is 5.75 Å². The van der Waals surface area contributed by atoms with E-state index in [1.165, 1.54) is 0 Å². The second-order valence-electron chi connectivity index (χ2n) is 5.48. The molecule has 0 bridgehead atoms. The molecule has 0 amide bonds. The Morgan fingerprint density at radius 2 is 2.21 bits per heavy atom. The third kappa shape index (κ3) is 3.98. The SMILES string of the molecule is CC(C)C(=O)Cc1cccc(O[C@H]2C[C@H](NS)C2)c1. The van der Waals surface area contributed by atoms with E-state index in [1.807, 2.05) is 38.1 Å². The fourth-order valence-electron chi connectivity index (χ4n) is 2.09. The minimum Gasteiger partial charge on any atom is -0.490 e. The first kappa shape index (κ1) is 14.4. The number of rotatable bonds is 6. The lowest BCUT2D eigenvalue weighted by atomic mass is 9.90. The lowest BCUT2D eigenvalue weighted by Gasteiger charge is -2.34. The molecule has 0 radical (unpaired) electrons. The highest BCUT2D eigenvalue weighted by molar-refractivity contribution is 7.78. The molecule has 1 fully saturated rings. The molecule has 1 aliphatic carbocycles. The Bertz CT molecular complexity index is 442. The van der Waals surface area contributed by atoms with Gasteiger partial charge in [-0.15, -0.1) is 0 Å². The second-order valence-corrected chi connectivity index (χ2v) is 5.74. The van der Waals surface area contributed by atoms with Crippen LogP contribution in [-0.2, 0) is 11.2 Å². The Morgan fingerprint density at radius 3 is 2.84 bits per heavy atom. The Balaban J connectivity index is 1.90. The molecule has 0 unspecified atom stereocenters. The monoisotopic (exact) mass is 279 g/mol. The summed E-state index contributed by atoms with van der Waals surface area (Å²) >= 11 is 4.04. The van der Waals surface area contributed by atoms with Crippen LogP contribution in [-0.4, -0.2) is 17.9 Å². The van der Waals surface area contributed by atoms with E-state index >= 15 is 0 Å². The Labute approximate surface area is 120 Å². The highest BCUT2D eigenvalue weighted by atomic mass is 32.1. The molecular weight excluding hydrogens is 258 g/mol. The largest absolute Gasteiger partial charge is 0.490 e. The van der Waals surface area contributed by atoms with Crippen LogP contribution in [0.3, 0.4) is 0 Å². The smallest absolute Gasteiger partial charge is 0.139 e. The van der Waals surface area contributed by atoms with Crippen LogP contribution < -0.4 is 9.46 Å². The number of hydrogen-bond donors (Lipinski definition) is 2. The molecule has 19 heavy (non-hydrogen) atoms. The Kier molecular flexibility index (Phi) is 4.88. The number of benzene rings is 1. The van der Waals surface area contributed by atoms with Gasteiger partial charge in [0.1, 0.15) is 17.6 Å². The highest BCUT2D eigenvalue weighted by Crippen LogP contribution is 2.26. The summed E-state index contributed by atoms with van der Waals surface area (Å²) in [7, 11) is 0. The Hall–Kier alpha value is -1.00. The van der Waals surface area contributed by atoms with Crippen LogP contribution in [0.1, 0.15) is 32.3 Å². The van der Waals surface area contributed by atoms with Crippen LogP contribution in [0, 0.1) is 5.92 Å². The standard InChI is InChI=1S/C15H21NO2S/c1-10(2)15(17)7-11-4-3-5-13(6-11)18-14-8-12(9-14)16-19/h3-6,10,12,14,16,19H,7-9H2,1-2H3/t12-,14-. The molecule has 0 aliphatic heterocycles. The van der Waals surface area contributed by atoms with Crippen LogP contribution >= 0.6 is 12.8 Å². The van der Waals surface area contributed by atoms with Crippen molar-refractivity contribution in [2.75, 3.05) is 0 Å². The summed E-state index contributed by atoms with van der Waals surface area (Å²) in [5, 5.41) is 0. The summed E-state index contributed by atoms with van der Waals surface area (Å²) in [5.74, 6) is 1.20. The van der Waals surface area contributed by atoms with Gasteiger partial charge in [-0.2, -0.15) is 0 Å². The van der Waals surface area contributed by atoms with Gasteiger partial charge >= 0.3 is 0 Å². The van der Waals surface area contributed by atoms with Gasteiger partial charge < -0.3 is 4.74 Å². The summed E-state index contributed by atoms with van der Waals surface area (Å²) in [6, 6.07) is 8.31. The molecule has 1 aliphatic rings. The summed E-state index contributed by atoms with van der Waals surface area (Å²) in [4.78, 5) is 11.7. The first-order valence-corrected chi connectivity index (χ1v) is 7.21. The molecule has 0 heterocycles. The van der Waals surface area contributed by atoms with Gasteiger partial charge in [0, 0.05) is 31.2 Å². The number of ether oxygens (including phenoxy) is 1. The van der Waals surface area contributed by atoms with Gasteiger partial charge in [-0.25, -0.2) is 0 Å². The number of thiol groups is 1. The van der Waals surface area contributed by atoms with Crippen LogP contribution in [0.2, 0.25) is 0 Å². The first-order chi connectivity index (χ1) is 9.08. The van der Waals surface area contributed by atoms with E-state index in [9.17, 15) is 4.79 Å². The number of ketones is 1. The maximum Gasteiger partial charge on any atom is 0.139 e. The van der Waals surface area contributed by atoms with E-state index in [0.717, 1.165) is 24.2 Å². The zero-order chi connectivity index (χ0) is 13.8. The van der Waals surface area contributed by atoms with E-state index in [2.05, 4.69) is 17.5 Å². The van der Waals surface area contributed by atoms with Crippen molar-refractivity contribution in [3.05, 3.63) is 29.8 Å².